The van der Waals surface area contributed by atoms with Crippen LogP contribution in [0.1, 0.15) is 13.3 Å². The smallest absolute Gasteiger partial charge is 0.285 e. The minimum Gasteiger partial charge on any atom is -0.330 e. The maximum Gasteiger partial charge on any atom is 0.285 e. The molecule has 2 saturated heterocycles. The van der Waals surface area contributed by atoms with Crippen molar-refractivity contribution < 1.29 is 14.2 Å². The van der Waals surface area contributed by atoms with Crippen LogP contribution in [0, 0.1) is 0 Å². The lowest BCUT2D eigenvalue weighted by molar-refractivity contribution is -0.300. The van der Waals surface area contributed by atoms with E-state index in [0.29, 0.717) is 26.2 Å². The maximum absolute atomic E-state index is 5.56. The first-order chi connectivity index (χ1) is 5.18. The molecule has 4 nitrogen and oxygen atoms in total. The Kier molecular flexibility index (Phi) is 1.47. The number of hydrogen-bond acceptors (Lipinski definition) is 4. The Morgan fingerprint density at radius 3 is 2.36 bits per heavy atom. The van der Waals surface area contributed by atoms with Crippen molar-refractivity contribution in [2.75, 3.05) is 19.8 Å². The second-order valence-electron chi connectivity index (χ2n) is 3.35. The van der Waals surface area contributed by atoms with Gasteiger partial charge in [-0.15, -0.1) is 0 Å². The summed E-state index contributed by atoms with van der Waals surface area (Å²) in [6.45, 7) is 3.74. The minimum atomic E-state index is -0.802. The molecule has 2 rings (SSSR count). The van der Waals surface area contributed by atoms with Gasteiger partial charge in [0.05, 0.1) is 13.2 Å². The molecule has 2 aliphatic heterocycles. The molecule has 0 unspecified atom stereocenters. The summed E-state index contributed by atoms with van der Waals surface area (Å²) < 4.78 is 16.3. The Morgan fingerprint density at radius 2 is 2.00 bits per heavy atom. The summed E-state index contributed by atoms with van der Waals surface area (Å²) in [7, 11) is 0. The van der Waals surface area contributed by atoms with Gasteiger partial charge in [0.25, 0.3) is 5.97 Å². The Morgan fingerprint density at radius 1 is 1.36 bits per heavy atom. The van der Waals surface area contributed by atoms with Gasteiger partial charge in [0.15, 0.2) is 0 Å². The van der Waals surface area contributed by atoms with Gasteiger partial charge in [-0.1, -0.05) is 0 Å². The number of ether oxygens (including phenoxy) is 3. The predicted molar refractivity (Wildman–Crippen MR) is 37.8 cm³/mol. The summed E-state index contributed by atoms with van der Waals surface area (Å²) in [4.78, 5) is 0. The first-order valence-corrected chi connectivity index (χ1v) is 3.86. The van der Waals surface area contributed by atoms with E-state index in [0.717, 1.165) is 0 Å². The molecule has 2 N–H and O–H groups in total. The summed E-state index contributed by atoms with van der Waals surface area (Å²) in [6.07, 6.45) is 0.614. The first-order valence-electron chi connectivity index (χ1n) is 3.86. The highest BCUT2D eigenvalue weighted by Gasteiger charge is 2.55. The molecular weight excluding hydrogens is 146 g/mol. The van der Waals surface area contributed by atoms with E-state index in [4.69, 9.17) is 19.9 Å². The van der Waals surface area contributed by atoms with Gasteiger partial charge in [0.2, 0.25) is 0 Å². The zero-order valence-corrected chi connectivity index (χ0v) is 6.63. The Labute approximate surface area is 65.6 Å². The van der Waals surface area contributed by atoms with Crippen molar-refractivity contribution in [1.29, 1.82) is 0 Å². The molecule has 2 heterocycles. The monoisotopic (exact) mass is 159 g/mol. The van der Waals surface area contributed by atoms with Gasteiger partial charge in [-0.05, 0) is 6.92 Å². The molecule has 0 aromatic heterocycles. The molecule has 0 radical (unpaired) electrons. The van der Waals surface area contributed by atoms with E-state index in [-0.39, 0.29) is 5.60 Å². The Bertz CT molecular complexity index is 158. The third-order valence-electron chi connectivity index (χ3n) is 2.05. The lowest BCUT2D eigenvalue weighted by Gasteiger charge is -2.22. The number of rotatable bonds is 2. The molecule has 2 aliphatic rings. The molecule has 0 amide bonds. The molecule has 0 spiro atoms. The molecular formula is C7H13NO3. The van der Waals surface area contributed by atoms with Crippen molar-refractivity contribution in [3.8, 4) is 0 Å². The van der Waals surface area contributed by atoms with Crippen LogP contribution < -0.4 is 5.73 Å². The molecule has 4 heteroatoms. The lowest BCUT2D eigenvalue weighted by Crippen LogP contribution is -2.35. The van der Waals surface area contributed by atoms with E-state index >= 15 is 0 Å². The highest BCUT2D eigenvalue weighted by molar-refractivity contribution is 4.89. The van der Waals surface area contributed by atoms with Crippen molar-refractivity contribution in [3.63, 3.8) is 0 Å². The van der Waals surface area contributed by atoms with Crippen molar-refractivity contribution in [1.82, 2.24) is 0 Å². The average molecular weight is 159 g/mol. The number of nitrogens with two attached hydrogens (primary N) is 1. The number of hydrogen-bond donors (Lipinski definition) is 1. The van der Waals surface area contributed by atoms with Gasteiger partial charge < -0.3 is 19.9 Å². The zero-order chi connectivity index (χ0) is 7.95. The summed E-state index contributed by atoms with van der Waals surface area (Å²) >= 11 is 0. The van der Waals surface area contributed by atoms with Crippen molar-refractivity contribution in [3.05, 3.63) is 0 Å². The highest BCUT2D eigenvalue weighted by Crippen LogP contribution is 2.41. The molecule has 2 bridgehead atoms. The molecule has 11 heavy (non-hydrogen) atoms. The van der Waals surface area contributed by atoms with Gasteiger partial charge in [0, 0.05) is 13.0 Å². The van der Waals surface area contributed by atoms with E-state index in [2.05, 4.69) is 0 Å². The van der Waals surface area contributed by atoms with Gasteiger partial charge >= 0.3 is 0 Å². The SMILES string of the molecule is CC12COC(CCN)(OC1)O2. The largest absolute Gasteiger partial charge is 0.330 e. The quantitative estimate of drug-likeness (QED) is 0.607. The third-order valence-corrected chi connectivity index (χ3v) is 2.05. The van der Waals surface area contributed by atoms with E-state index in [9.17, 15) is 0 Å². The fourth-order valence-corrected chi connectivity index (χ4v) is 1.47. The average Bonchev–Trinajstić information content (AvgIpc) is 2.42. The van der Waals surface area contributed by atoms with Crippen LogP contribution in [-0.4, -0.2) is 31.3 Å². The second kappa shape index (κ2) is 2.17. The van der Waals surface area contributed by atoms with E-state index in [1.807, 2.05) is 6.92 Å². The van der Waals surface area contributed by atoms with Gasteiger partial charge in [-0.25, -0.2) is 0 Å². The minimum absolute atomic E-state index is 0.227. The van der Waals surface area contributed by atoms with Gasteiger partial charge in [0.1, 0.15) is 5.60 Å². The zero-order valence-electron chi connectivity index (χ0n) is 6.63. The normalized spacial score (nSPS) is 48.5. The highest BCUT2D eigenvalue weighted by atomic mass is 16.9. The van der Waals surface area contributed by atoms with Crippen LogP contribution in [0.15, 0.2) is 0 Å². The molecule has 0 atom stereocenters. The van der Waals surface area contributed by atoms with Gasteiger partial charge in [-0.2, -0.15) is 0 Å². The maximum atomic E-state index is 5.56. The lowest BCUT2D eigenvalue weighted by atomic mass is 10.1. The van der Waals surface area contributed by atoms with Crippen LogP contribution >= 0.6 is 0 Å². The Hall–Kier alpha value is -0.160. The van der Waals surface area contributed by atoms with Crippen LogP contribution in [0.3, 0.4) is 0 Å². The van der Waals surface area contributed by atoms with Crippen LogP contribution in [0.4, 0.5) is 0 Å². The van der Waals surface area contributed by atoms with Crippen molar-refractivity contribution in [2.24, 2.45) is 5.73 Å². The van der Waals surface area contributed by atoms with Crippen LogP contribution in [0.5, 0.6) is 0 Å². The molecule has 64 valence electrons. The van der Waals surface area contributed by atoms with E-state index < -0.39 is 5.97 Å². The fraction of sp³-hybridized carbons (Fsp3) is 1.00. The first kappa shape index (κ1) is 7.49. The van der Waals surface area contributed by atoms with E-state index in [1.165, 1.54) is 0 Å². The molecule has 0 saturated carbocycles. The molecule has 2 fully saturated rings. The van der Waals surface area contributed by atoms with E-state index in [1.54, 1.807) is 0 Å². The topological polar surface area (TPSA) is 53.7 Å². The molecule has 0 aliphatic carbocycles. The summed E-state index contributed by atoms with van der Waals surface area (Å²) in [5.74, 6) is -0.802. The Balaban J connectivity index is 2.08. The second-order valence-corrected chi connectivity index (χ2v) is 3.35. The summed E-state index contributed by atoms with van der Waals surface area (Å²) in [5.41, 5.74) is 5.16. The summed E-state index contributed by atoms with van der Waals surface area (Å²) in [6, 6.07) is 0. The van der Waals surface area contributed by atoms with Crippen LogP contribution in [0.25, 0.3) is 0 Å². The summed E-state index contributed by atoms with van der Waals surface area (Å²) in [5, 5.41) is 0. The van der Waals surface area contributed by atoms with Crippen molar-refractivity contribution in [2.45, 2.75) is 24.9 Å². The van der Waals surface area contributed by atoms with Crippen LogP contribution in [0.2, 0.25) is 0 Å². The molecule has 0 aromatic carbocycles. The standard InChI is InChI=1S/C7H13NO3/c1-6-4-9-7(11-6,2-3-8)10-5-6/h2-5,8H2,1H3. The van der Waals surface area contributed by atoms with Crippen LogP contribution in [-0.2, 0) is 14.2 Å². The third kappa shape index (κ3) is 1.06. The van der Waals surface area contributed by atoms with Crippen molar-refractivity contribution >= 4 is 0 Å². The fourth-order valence-electron chi connectivity index (χ4n) is 1.47. The number of fused-ring (bicyclic) bond motifs is 2. The molecule has 0 aromatic rings. The predicted octanol–water partition coefficient (Wildman–Crippen LogP) is -0.175. The van der Waals surface area contributed by atoms with Gasteiger partial charge in [-0.3, -0.25) is 0 Å².